The van der Waals surface area contributed by atoms with Gasteiger partial charge in [-0.05, 0) is 37.6 Å². The number of hydrogen-bond acceptors (Lipinski definition) is 3. The maximum Gasteiger partial charge on any atom is 0.257 e. The smallest absolute Gasteiger partial charge is 0.257 e. The molecule has 1 aromatic heterocycles. The van der Waals surface area contributed by atoms with Crippen molar-refractivity contribution in [3.8, 4) is 11.3 Å². The first-order chi connectivity index (χ1) is 11.0. The van der Waals surface area contributed by atoms with Gasteiger partial charge in [-0.15, -0.1) is 11.3 Å². The Hall–Kier alpha value is -2.17. The summed E-state index contributed by atoms with van der Waals surface area (Å²) < 4.78 is 0. The number of nitrogens with one attached hydrogen (secondary N) is 1. The zero-order chi connectivity index (χ0) is 16.4. The molecule has 0 aliphatic carbocycles. The Kier molecular flexibility index (Phi) is 4.46. The summed E-state index contributed by atoms with van der Waals surface area (Å²) in [6, 6.07) is 13.1. The monoisotopic (exact) mass is 342 g/mol. The number of anilines is 1. The Bertz CT molecular complexity index is 873. The SMILES string of the molecule is Cc1ccc(-c2csc(NC(=O)c3cccc(Cl)c3)n2)c(C)c1. The van der Waals surface area contributed by atoms with Crippen LogP contribution in [0.3, 0.4) is 0 Å². The zero-order valence-corrected chi connectivity index (χ0v) is 14.3. The van der Waals surface area contributed by atoms with Gasteiger partial charge in [-0.3, -0.25) is 10.1 Å². The van der Waals surface area contributed by atoms with Crippen LogP contribution in [0.25, 0.3) is 11.3 Å². The number of carbonyl (C=O) groups excluding carboxylic acids is 1. The van der Waals surface area contributed by atoms with Crippen molar-refractivity contribution in [3.63, 3.8) is 0 Å². The minimum atomic E-state index is -0.214. The van der Waals surface area contributed by atoms with Crippen molar-refractivity contribution in [1.29, 1.82) is 0 Å². The highest BCUT2D eigenvalue weighted by atomic mass is 35.5. The number of hydrogen-bond donors (Lipinski definition) is 1. The molecule has 0 atom stereocenters. The lowest BCUT2D eigenvalue weighted by molar-refractivity contribution is 0.102. The summed E-state index contributed by atoms with van der Waals surface area (Å²) >= 11 is 7.32. The molecular weight excluding hydrogens is 328 g/mol. The van der Waals surface area contributed by atoms with Crippen molar-refractivity contribution < 1.29 is 4.79 Å². The Balaban J connectivity index is 1.81. The second-order valence-electron chi connectivity index (χ2n) is 5.32. The number of carbonyl (C=O) groups is 1. The van der Waals surface area contributed by atoms with Crippen molar-refractivity contribution >= 4 is 34.0 Å². The summed E-state index contributed by atoms with van der Waals surface area (Å²) in [5.41, 5.74) is 4.85. The third kappa shape index (κ3) is 3.60. The van der Waals surface area contributed by atoms with Crippen LogP contribution in [0, 0.1) is 13.8 Å². The largest absolute Gasteiger partial charge is 0.298 e. The molecule has 0 aliphatic heterocycles. The molecule has 1 heterocycles. The van der Waals surface area contributed by atoms with Crippen LogP contribution in [0.5, 0.6) is 0 Å². The van der Waals surface area contributed by atoms with Crippen molar-refractivity contribution in [2.24, 2.45) is 0 Å². The molecule has 0 radical (unpaired) electrons. The van der Waals surface area contributed by atoms with E-state index in [-0.39, 0.29) is 5.91 Å². The van der Waals surface area contributed by atoms with E-state index >= 15 is 0 Å². The van der Waals surface area contributed by atoms with Crippen molar-refractivity contribution in [1.82, 2.24) is 4.98 Å². The molecule has 3 nitrogen and oxygen atoms in total. The van der Waals surface area contributed by atoms with E-state index in [1.54, 1.807) is 24.3 Å². The number of rotatable bonds is 3. The molecular formula is C18H15ClN2OS. The quantitative estimate of drug-likeness (QED) is 0.698. The number of thiazole rings is 1. The lowest BCUT2D eigenvalue weighted by Crippen LogP contribution is -2.11. The van der Waals surface area contributed by atoms with Crippen LogP contribution in [0.4, 0.5) is 5.13 Å². The van der Waals surface area contributed by atoms with Gasteiger partial charge in [0.15, 0.2) is 5.13 Å². The fourth-order valence-electron chi connectivity index (χ4n) is 2.35. The molecule has 0 bridgehead atoms. The normalized spacial score (nSPS) is 10.6. The molecule has 0 spiro atoms. The Morgan fingerprint density at radius 3 is 2.74 bits per heavy atom. The standard InChI is InChI=1S/C18H15ClN2OS/c1-11-6-7-15(12(2)8-11)16-10-23-18(20-16)21-17(22)13-4-3-5-14(19)9-13/h3-10H,1-2H3,(H,20,21,22). The first-order valence-electron chi connectivity index (χ1n) is 7.13. The van der Waals surface area contributed by atoms with E-state index in [4.69, 9.17) is 11.6 Å². The molecule has 3 rings (SSSR count). The second-order valence-corrected chi connectivity index (χ2v) is 6.62. The number of amides is 1. The Morgan fingerprint density at radius 1 is 1.17 bits per heavy atom. The van der Waals surface area contributed by atoms with Crippen molar-refractivity contribution in [2.45, 2.75) is 13.8 Å². The van der Waals surface area contributed by atoms with Crippen LogP contribution < -0.4 is 5.32 Å². The lowest BCUT2D eigenvalue weighted by Gasteiger charge is -2.04. The van der Waals surface area contributed by atoms with Crippen LogP contribution >= 0.6 is 22.9 Å². The van der Waals surface area contributed by atoms with Gasteiger partial charge in [0.2, 0.25) is 0 Å². The van der Waals surface area contributed by atoms with E-state index < -0.39 is 0 Å². The highest BCUT2D eigenvalue weighted by Gasteiger charge is 2.11. The summed E-state index contributed by atoms with van der Waals surface area (Å²) in [7, 11) is 0. The van der Waals surface area contributed by atoms with Gasteiger partial charge in [0.25, 0.3) is 5.91 Å². The molecule has 0 fully saturated rings. The van der Waals surface area contributed by atoms with E-state index in [9.17, 15) is 4.79 Å². The summed E-state index contributed by atoms with van der Waals surface area (Å²) in [5.74, 6) is -0.214. The Morgan fingerprint density at radius 2 is 2.00 bits per heavy atom. The predicted octanol–water partition coefficient (Wildman–Crippen LogP) is 5.33. The molecule has 2 aromatic carbocycles. The highest BCUT2D eigenvalue weighted by Crippen LogP contribution is 2.28. The molecule has 5 heteroatoms. The fraction of sp³-hybridized carbons (Fsp3) is 0.111. The predicted molar refractivity (Wildman–Crippen MR) is 96.4 cm³/mol. The molecule has 0 saturated heterocycles. The van der Waals surface area contributed by atoms with Crippen molar-refractivity contribution in [2.75, 3.05) is 5.32 Å². The van der Waals surface area contributed by atoms with E-state index in [1.165, 1.54) is 22.5 Å². The average Bonchev–Trinajstić information content (AvgIpc) is 2.95. The van der Waals surface area contributed by atoms with Gasteiger partial charge in [0.05, 0.1) is 5.69 Å². The first kappa shape index (κ1) is 15.7. The third-order valence-corrected chi connectivity index (χ3v) is 4.46. The minimum Gasteiger partial charge on any atom is -0.298 e. The average molecular weight is 343 g/mol. The van der Waals surface area contributed by atoms with E-state index in [0.29, 0.717) is 15.7 Å². The van der Waals surface area contributed by atoms with Crippen LogP contribution in [-0.4, -0.2) is 10.9 Å². The lowest BCUT2D eigenvalue weighted by atomic mass is 10.0. The van der Waals surface area contributed by atoms with Crippen molar-refractivity contribution in [3.05, 3.63) is 69.6 Å². The number of aromatic nitrogens is 1. The molecule has 1 N–H and O–H groups in total. The van der Waals surface area contributed by atoms with Crippen LogP contribution in [0.2, 0.25) is 5.02 Å². The van der Waals surface area contributed by atoms with Gasteiger partial charge in [-0.1, -0.05) is 41.4 Å². The van der Waals surface area contributed by atoms with Gasteiger partial charge in [0.1, 0.15) is 0 Å². The molecule has 3 aromatic rings. The second kappa shape index (κ2) is 6.52. The summed E-state index contributed by atoms with van der Waals surface area (Å²) in [6.07, 6.45) is 0. The fourth-order valence-corrected chi connectivity index (χ4v) is 3.25. The molecule has 0 aliphatic rings. The highest BCUT2D eigenvalue weighted by molar-refractivity contribution is 7.14. The molecule has 0 saturated carbocycles. The molecule has 116 valence electrons. The minimum absolute atomic E-state index is 0.214. The molecule has 0 unspecified atom stereocenters. The molecule has 23 heavy (non-hydrogen) atoms. The first-order valence-corrected chi connectivity index (χ1v) is 8.39. The van der Waals surface area contributed by atoms with E-state index in [0.717, 1.165) is 11.3 Å². The van der Waals surface area contributed by atoms with E-state index in [1.807, 2.05) is 5.38 Å². The van der Waals surface area contributed by atoms with Gasteiger partial charge in [-0.2, -0.15) is 0 Å². The summed E-state index contributed by atoms with van der Waals surface area (Å²) in [4.78, 5) is 16.7. The van der Waals surface area contributed by atoms with Crippen LogP contribution in [0.15, 0.2) is 47.8 Å². The third-order valence-electron chi connectivity index (χ3n) is 3.47. The maximum atomic E-state index is 12.2. The number of nitrogens with zero attached hydrogens (tertiary/aromatic N) is 1. The maximum absolute atomic E-state index is 12.2. The van der Waals surface area contributed by atoms with Gasteiger partial charge in [-0.25, -0.2) is 4.98 Å². The van der Waals surface area contributed by atoms with E-state index in [2.05, 4.69) is 42.3 Å². The zero-order valence-electron chi connectivity index (χ0n) is 12.8. The van der Waals surface area contributed by atoms with Crippen LogP contribution in [-0.2, 0) is 0 Å². The summed E-state index contributed by atoms with van der Waals surface area (Å²) in [5, 5.41) is 5.87. The van der Waals surface area contributed by atoms with Gasteiger partial charge in [0, 0.05) is 21.5 Å². The van der Waals surface area contributed by atoms with Gasteiger partial charge < -0.3 is 0 Å². The Labute approximate surface area is 144 Å². The molecule has 1 amide bonds. The topological polar surface area (TPSA) is 42.0 Å². The number of halogens is 1. The van der Waals surface area contributed by atoms with Crippen LogP contribution in [0.1, 0.15) is 21.5 Å². The summed E-state index contributed by atoms with van der Waals surface area (Å²) in [6.45, 7) is 4.13. The number of aryl methyl sites for hydroxylation is 2. The number of benzene rings is 2. The van der Waals surface area contributed by atoms with Gasteiger partial charge >= 0.3 is 0 Å².